The normalized spacial score (nSPS) is 11.6. The molecule has 0 aromatic heterocycles. The zero-order valence-electron chi connectivity index (χ0n) is 5.92. The lowest BCUT2D eigenvalue weighted by molar-refractivity contribution is 0.193. The van der Waals surface area contributed by atoms with Gasteiger partial charge in [0.25, 0.3) is 0 Å². The molecular weight excluding hydrogens is 130 g/mol. The van der Waals surface area contributed by atoms with E-state index in [1.54, 1.807) is 0 Å². The Balaban J connectivity index is 3.47. The molecule has 3 heteroatoms. The minimum Gasteiger partial charge on any atom is -0.465 e. The SMILES string of the molecule is C#CC(CC)CNC(=O)O. The van der Waals surface area contributed by atoms with Crippen LogP contribution in [0.25, 0.3) is 0 Å². The molecule has 1 unspecified atom stereocenters. The number of hydrogen-bond donors (Lipinski definition) is 2. The average Bonchev–Trinajstić information content (AvgIpc) is 1.90. The van der Waals surface area contributed by atoms with Gasteiger partial charge in [0.2, 0.25) is 0 Å². The van der Waals surface area contributed by atoms with Crippen molar-refractivity contribution in [2.24, 2.45) is 5.92 Å². The molecule has 0 rings (SSSR count). The van der Waals surface area contributed by atoms with Crippen LogP contribution >= 0.6 is 0 Å². The largest absolute Gasteiger partial charge is 0.465 e. The summed E-state index contributed by atoms with van der Waals surface area (Å²) in [6.07, 6.45) is 4.87. The van der Waals surface area contributed by atoms with Gasteiger partial charge < -0.3 is 10.4 Å². The molecule has 10 heavy (non-hydrogen) atoms. The van der Waals surface area contributed by atoms with Crippen molar-refractivity contribution < 1.29 is 9.90 Å². The fraction of sp³-hybridized carbons (Fsp3) is 0.571. The first kappa shape index (κ1) is 8.83. The first-order valence-corrected chi connectivity index (χ1v) is 3.13. The summed E-state index contributed by atoms with van der Waals surface area (Å²) in [7, 11) is 0. The molecule has 1 atom stereocenters. The van der Waals surface area contributed by atoms with Gasteiger partial charge in [-0.15, -0.1) is 12.3 Å². The highest BCUT2D eigenvalue weighted by molar-refractivity contribution is 5.64. The van der Waals surface area contributed by atoms with Gasteiger partial charge in [-0.1, -0.05) is 6.92 Å². The van der Waals surface area contributed by atoms with Gasteiger partial charge in [0.15, 0.2) is 0 Å². The van der Waals surface area contributed by atoms with Gasteiger partial charge in [0, 0.05) is 12.5 Å². The van der Waals surface area contributed by atoms with Crippen molar-refractivity contribution in [2.45, 2.75) is 13.3 Å². The Morgan fingerprint density at radius 3 is 2.80 bits per heavy atom. The highest BCUT2D eigenvalue weighted by atomic mass is 16.4. The average molecular weight is 141 g/mol. The van der Waals surface area contributed by atoms with Gasteiger partial charge in [0.1, 0.15) is 0 Å². The second-order valence-corrected chi connectivity index (χ2v) is 1.96. The summed E-state index contributed by atoms with van der Waals surface area (Å²) >= 11 is 0. The van der Waals surface area contributed by atoms with Gasteiger partial charge >= 0.3 is 6.09 Å². The minimum absolute atomic E-state index is 0.0242. The zero-order chi connectivity index (χ0) is 7.98. The van der Waals surface area contributed by atoms with Crippen molar-refractivity contribution in [3.05, 3.63) is 0 Å². The molecule has 0 bridgehead atoms. The standard InChI is InChI=1S/C7H11NO2/c1-3-6(4-2)5-8-7(9)10/h1,6,8H,4-5H2,2H3,(H,9,10). The topological polar surface area (TPSA) is 49.3 Å². The van der Waals surface area contributed by atoms with Crippen molar-refractivity contribution in [3.8, 4) is 12.3 Å². The van der Waals surface area contributed by atoms with E-state index in [4.69, 9.17) is 11.5 Å². The van der Waals surface area contributed by atoms with Gasteiger partial charge in [-0.25, -0.2) is 4.79 Å². The number of terminal acetylenes is 1. The maximum Gasteiger partial charge on any atom is 0.404 e. The lowest BCUT2D eigenvalue weighted by Gasteiger charge is -2.05. The van der Waals surface area contributed by atoms with Crippen molar-refractivity contribution in [1.82, 2.24) is 5.32 Å². The predicted molar refractivity (Wildman–Crippen MR) is 38.6 cm³/mol. The van der Waals surface area contributed by atoms with Gasteiger partial charge in [-0.3, -0.25) is 0 Å². The summed E-state index contributed by atoms with van der Waals surface area (Å²) in [6.45, 7) is 2.27. The van der Waals surface area contributed by atoms with Crippen LogP contribution < -0.4 is 5.32 Å². The maximum atomic E-state index is 9.96. The predicted octanol–water partition coefficient (Wildman–Crippen LogP) is 0.913. The van der Waals surface area contributed by atoms with E-state index in [1.165, 1.54) is 0 Å². The summed E-state index contributed by atoms with van der Waals surface area (Å²) in [5, 5.41) is 10.4. The van der Waals surface area contributed by atoms with Crippen LogP contribution in [0.1, 0.15) is 13.3 Å². The molecular formula is C7H11NO2. The van der Waals surface area contributed by atoms with E-state index in [9.17, 15) is 4.79 Å². The van der Waals surface area contributed by atoms with E-state index in [0.29, 0.717) is 6.54 Å². The third-order valence-corrected chi connectivity index (χ3v) is 1.23. The number of rotatable bonds is 3. The van der Waals surface area contributed by atoms with E-state index in [2.05, 4.69) is 11.2 Å². The minimum atomic E-state index is -1.02. The fourth-order valence-corrected chi connectivity index (χ4v) is 0.532. The first-order valence-electron chi connectivity index (χ1n) is 3.13. The summed E-state index contributed by atoms with van der Waals surface area (Å²) in [5.41, 5.74) is 0. The molecule has 0 aliphatic rings. The van der Waals surface area contributed by atoms with Gasteiger partial charge in [-0.2, -0.15) is 0 Å². The van der Waals surface area contributed by atoms with E-state index in [0.717, 1.165) is 6.42 Å². The number of hydrogen-bond acceptors (Lipinski definition) is 1. The quantitative estimate of drug-likeness (QED) is 0.574. The molecule has 0 aromatic rings. The van der Waals surface area contributed by atoms with E-state index >= 15 is 0 Å². The van der Waals surface area contributed by atoms with Crippen molar-refractivity contribution >= 4 is 6.09 Å². The van der Waals surface area contributed by atoms with Crippen LogP contribution in [0.4, 0.5) is 4.79 Å². The van der Waals surface area contributed by atoms with Crippen LogP contribution in [-0.4, -0.2) is 17.7 Å². The van der Waals surface area contributed by atoms with Crippen molar-refractivity contribution in [3.63, 3.8) is 0 Å². The van der Waals surface area contributed by atoms with Crippen LogP contribution in [0.2, 0.25) is 0 Å². The Morgan fingerprint density at radius 1 is 1.90 bits per heavy atom. The van der Waals surface area contributed by atoms with E-state index < -0.39 is 6.09 Å². The van der Waals surface area contributed by atoms with Gasteiger partial charge in [0.05, 0.1) is 0 Å². The summed E-state index contributed by atoms with van der Waals surface area (Å²) in [5.74, 6) is 2.51. The number of nitrogens with one attached hydrogen (secondary N) is 1. The lowest BCUT2D eigenvalue weighted by Crippen LogP contribution is -2.26. The zero-order valence-corrected chi connectivity index (χ0v) is 5.92. The molecule has 0 aromatic carbocycles. The molecule has 3 nitrogen and oxygen atoms in total. The third kappa shape index (κ3) is 3.79. The van der Waals surface area contributed by atoms with Crippen molar-refractivity contribution in [2.75, 3.05) is 6.54 Å². The molecule has 1 amide bonds. The molecule has 0 fully saturated rings. The second kappa shape index (κ2) is 4.68. The van der Waals surface area contributed by atoms with Crippen LogP contribution in [0.3, 0.4) is 0 Å². The molecule has 0 aliphatic heterocycles. The monoisotopic (exact) mass is 141 g/mol. The smallest absolute Gasteiger partial charge is 0.404 e. The van der Waals surface area contributed by atoms with E-state index in [-0.39, 0.29) is 5.92 Å². The van der Waals surface area contributed by atoms with Crippen LogP contribution in [0.15, 0.2) is 0 Å². The van der Waals surface area contributed by atoms with Gasteiger partial charge in [-0.05, 0) is 6.42 Å². The summed E-state index contributed by atoms with van der Waals surface area (Å²) in [4.78, 5) is 9.96. The Bertz CT molecular complexity index is 148. The Labute approximate surface area is 60.4 Å². The summed E-state index contributed by atoms with van der Waals surface area (Å²) < 4.78 is 0. The van der Waals surface area contributed by atoms with Crippen molar-refractivity contribution in [1.29, 1.82) is 0 Å². The summed E-state index contributed by atoms with van der Waals surface area (Å²) in [6, 6.07) is 0. The molecule has 0 saturated heterocycles. The highest BCUT2D eigenvalue weighted by Gasteiger charge is 2.02. The lowest BCUT2D eigenvalue weighted by atomic mass is 10.1. The van der Waals surface area contributed by atoms with Crippen LogP contribution in [0.5, 0.6) is 0 Å². The molecule has 0 aliphatic carbocycles. The fourth-order valence-electron chi connectivity index (χ4n) is 0.532. The molecule has 2 N–H and O–H groups in total. The Morgan fingerprint density at radius 2 is 2.50 bits per heavy atom. The van der Waals surface area contributed by atoms with Crippen LogP contribution in [-0.2, 0) is 0 Å². The molecule has 0 spiro atoms. The number of carbonyl (C=O) groups is 1. The Kier molecular flexibility index (Phi) is 4.14. The molecule has 0 heterocycles. The highest BCUT2D eigenvalue weighted by Crippen LogP contribution is 1.96. The third-order valence-electron chi connectivity index (χ3n) is 1.23. The second-order valence-electron chi connectivity index (χ2n) is 1.96. The molecule has 56 valence electrons. The Hall–Kier alpha value is -1.17. The number of carboxylic acid groups (broad SMARTS) is 1. The first-order chi connectivity index (χ1) is 4.70. The maximum absolute atomic E-state index is 9.96. The molecule has 0 radical (unpaired) electrons. The van der Waals surface area contributed by atoms with E-state index in [1.807, 2.05) is 6.92 Å². The number of amides is 1. The molecule has 0 saturated carbocycles. The van der Waals surface area contributed by atoms with Crippen LogP contribution in [0, 0.1) is 18.3 Å².